The minimum Gasteiger partial charge on any atom is -0.507 e. The van der Waals surface area contributed by atoms with Gasteiger partial charge < -0.3 is 24.8 Å². The Hall–Kier alpha value is -5.20. The van der Waals surface area contributed by atoms with Crippen molar-refractivity contribution in [3.05, 3.63) is 86.0 Å². The predicted molar refractivity (Wildman–Crippen MR) is 173 cm³/mol. The summed E-state index contributed by atoms with van der Waals surface area (Å²) in [5.74, 6) is -1.81. The van der Waals surface area contributed by atoms with E-state index in [0.717, 1.165) is 57.4 Å². The molecule has 0 saturated carbocycles. The Morgan fingerprint density at radius 1 is 0.553 bits per heavy atom. The SMILES string of the molecule is O=C(CCCCCCCOc1ccc([N+](=O)[O-])cc1)c1c(O)cc(O)c(C(=O)CCCCCCCOc2ccc([N+](=O)[O-])cc2)c1O. The molecule has 0 aromatic heterocycles. The van der Waals surface area contributed by atoms with E-state index in [9.17, 15) is 45.1 Å². The third-order valence-corrected chi connectivity index (χ3v) is 7.55. The monoisotopic (exact) mass is 652 g/mol. The van der Waals surface area contributed by atoms with Gasteiger partial charge in [0.15, 0.2) is 11.6 Å². The smallest absolute Gasteiger partial charge is 0.269 e. The van der Waals surface area contributed by atoms with E-state index in [4.69, 9.17) is 9.47 Å². The molecule has 3 rings (SSSR count). The molecule has 0 amide bonds. The molecule has 0 aliphatic heterocycles. The molecule has 252 valence electrons. The highest BCUT2D eigenvalue weighted by atomic mass is 16.6. The van der Waals surface area contributed by atoms with Gasteiger partial charge in [-0.05, 0) is 49.9 Å². The standard InChI is InChI=1S/C34H40N2O11/c37-28(11-7-3-1-5-9-21-46-26-17-13-24(14-18-26)35(42)43)32-30(39)23-31(40)33(34(32)41)29(38)12-8-4-2-6-10-22-47-27-19-15-25(16-20-27)36(44)45/h13-20,23,39-41H,1-12,21-22H2. The van der Waals surface area contributed by atoms with Crippen LogP contribution in [0.1, 0.15) is 97.8 Å². The second kappa shape index (κ2) is 18.7. The second-order valence-corrected chi connectivity index (χ2v) is 11.1. The molecule has 0 fully saturated rings. The van der Waals surface area contributed by atoms with Gasteiger partial charge in [-0.2, -0.15) is 0 Å². The Labute approximate surface area is 272 Å². The van der Waals surface area contributed by atoms with Gasteiger partial charge in [-0.15, -0.1) is 0 Å². The van der Waals surface area contributed by atoms with Crippen LogP contribution in [0.2, 0.25) is 0 Å². The maximum atomic E-state index is 12.8. The molecule has 0 unspecified atom stereocenters. The molecule has 0 saturated heterocycles. The molecular formula is C34H40N2O11. The first-order chi connectivity index (χ1) is 22.6. The summed E-state index contributed by atoms with van der Waals surface area (Å²) in [5, 5.41) is 52.7. The first kappa shape index (κ1) is 36.3. The predicted octanol–water partition coefficient (Wildman–Crippen LogP) is 7.82. The van der Waals surface area contributed by atoms with Crippen molar-refractivity contribution >= 4 is 22.9 Å². The van der Waals surface area contributed by atoms with Crippen LogP contribution < -0.4 is 9.47 Å². The summed E-state index contributed by atoms with van der Waals surface area (Å²) in [5.41, 5.74) is -0.740. The molecular weight excluding hydrogens is 612 g/mol. The largest absolute Gasteiger partial charge is 0.507 e. The number of carbonyl (C=O) groups excluding carboxylic acids is 2. The van der Waals surface area contributed by atoms with Crippen LogP contribution >= 0.6 is 0 Å². The van der Waals surface area contributed by atoms with Crippen LogP contribution in [0.25, 0.3) is 0 Å². The van der Waals surface area contributed by atoms with Crippen LogP contribution in [0, 0.1) is 20.2 Å². The lowest BCUT2D eigenvalue weighted by Crippen LogP contribution is -2.06. The number of ether oxygens (including phenoxy) is 2. The van der Waals surface area contributed by atoms with E-state index in [1.165, 1.54) is 24.3 Å². The van der Waals surface area contributed by atoms with Crippen molar-refractivity contribution in [2.75, 3.05) is 13.2 Å². The number of carbonyl (C=O) groups is 2. The van der Waals surface area contributed by atoms with Crippen molar-refractivity contribution in [3.8, 4) is 28.7 Å². The third kappa shape index (κ3) is 11.6. The maximum Gasteiger partial charge on any atom is 0.269 e. The number of unbranched alkanes of at least 4 members (excludes halogenated alkanes) is 8. The molecule has 0 spiro atoms. The molecule has 3 aromatic rings. The van der Waals surface area contributed by atoms with Crippen molar-refractivity contribution in [2.45, 2.75) is 77.0 Å². The Kier molecular flexibility index (Phi) is 14.4. The third-order valence-electron chi connectivity index (χ3n) is 7.55. The zero-order valence-electron chi connectivity index (χ0n) is 26.1. The average molecular weight is 653 g/mol. The van der Waals surface area contributed by atoms with Crippen LogP contribution in [-0.4, -0.2) is 49.9 Å². The molecule has 0 atom stereocenters. The van der Waals surface area contributed by atoms with Crippen molar-refractivity contribution < 1.29 is 44.2 Å². The van der Waals surface area contributed by atoms with Crippen molar-refractivity contribution in [1.82, 2.24) is 0 Å². The Balaban J connectivity index is 1.32. The minimum absolute atomic E-state index is 0.00468. The zero-order valence-corrected chi connectivity index (χ0v) is 26.1. The molecule has 13 heteroatoms. The molecule has 3 aromatic carbocycles. The van der Waals surface area contributed by atoms with Gasteiger partial charge >= 0.3 is 0 Å². The Bertz CT molecular complexity index is 1400. The molecule has 13 nitrogen and oxygen atoms in total. The number of hydrogen-bond donors (Lipinski definition) is 3. The normalized spacial score (nSPS) is 10.8. The average Bonchev–Trinajstić information content (AvgIpc) is 3.03. The Morgan fingerprint density at radius 3 is 1.26 bits per heavy atom. The lowest BCUT2D eigenvalue weighted by atomic mass is 9.95. The molecule has 0 bridgehead atoms. The number of ketones is 2. The van der Waals surface area contributed by atoms with E-state index in [-0.39, 0.29) is 35.3 Å². The number of benzene rings is 3. The first-order valence-corrected chi connectivity index (χ1v) is 15.7. The highest BCUT2D eigenvalue weighted by Gasteiger charge is 2.26. The molecule has 0 radical (unpaired) electrons. The van der Waals surface area contributed by atoms with Gasteiger partial charge in [-0.1, -0.05) is 38.5 Å². The van der Waals surface area contributed by atoms with Crippen molar-refractivity contribution in [1.29, 1.82) is 0 Å². The number of hydrogen-bond acceptors (Lipinski definition) is 11. The number of nitrogens with zero attached hydrogens (tertiary/aromatic N) is 2. The molecule has 0 heterocycles. The summed E-state index contributed by atoms with van der Waals surface area (Å²) in [6.45, 7) is 0.897. The number of rotatable bonds is 22. The van der Waals surface area contributed by atoms with Gasteiger partial charge in [0.2, 0.25) is 0 Å². The topological polar surface area (TPSA) is 200 Å². The lowest BCUT2D eigenvalue weighted by molar-refractivity contribution is -0.385. The van der Waals surface area contributed by atoms with Crippen LogP contribution in [0.5, 0.6) is 28.7 Å². The number of phenolic OH excluding ortho intramolecular Hbond substituents is 3. The summed E-state index contributed by atoms with van der Waals surface area (Å²) >= 11 is 0. The van der Waals surface area contributed by atoms with Gasteiger partial charge in [0.05, 0.1) is 23.1 Å². The van der Waals surface area contributed by atoms with Crippen LogP contribution in [0.3, 0.4) is 0 Å². The van der Waals surface area contributed by atoms with Gasteiger partial charge in [-0.25, -0.2) is 0 Å². The minimum atomic E-state index is -0.704. The second-order valence-electron chi connectivity index (χ2n) is 11.1. The van der Waals surface area contributed by atoms with E-state index < -0.39 is 38.7 Å². The number of non-ortho nitro benzene ring substituents is 2. The molecule has 0 aliphatic rings. The fourth-order valence-electron chi connectivity index (χ4n) is 4.99. The van der Waals surface area contributed by atoms with Crippen LogP contribution in [0.4, 0.5) is 11.4 Å². The number of aromatic hydroxyl groups is 3. The van der Waals surface area contributed by atoms with Gasteiger partial charge in [0.1, 0.15) is 39.9 Å². The highest BCUT2D eigenvalue weighted by Crippen LogP contribution is 2.39. The Morgan fingerprint density at radius 2 is 0.894 bits per heavy atom. The van der Waals surface area contributed by atoms with E-state index in [0.29, 0.717) is 37.6 Å². The summed E-state index contributed by atoms with van der Waals surface area (Å²) in [7, 11) is 0. The summed E-state index contributed by atoms with van der Waals surface area (Å²) < 4.78 is 11.2. The summed E-state index contributed by atoms with van der Waals surface area (Å²) in [6.07, 6.45) is 7.38. The van der Waals surface area contributed by atoms with Crippen molar-refractivity contribution in [2.24, 2.45) is 0 Å². The molecule has 0 aliphatic carbocycles. The molecule has 3 N–H and O–H groups in total. The van der Waals surface area contributed by atoms with Gasteiger partial charge in [0.25, 0.3) is 11.4 Å². The first-order valence-electron chi connectivity index (χ1n) is 15.7. The number of Topliss-reactive ketones (excluding diaryl/α,β-unsaturated/α-hetero) is 2. The number of nitro benzene ring substituents is 2. The van der Waals surface area contributed by atoms with Crippen LogP contribution in [-0.2, 0) is 0 Å². The van der Waals surface area contributed by atoms with E-state index in [1.54, 1.807) is 24.3 Å². The zero-order chi connectivity index (χ0) is 34.2. The van der Waals surface area contributed by atoms with Gasteiger partial charge in [-0.3, -0.25) is 29.8 Å². The summed E-state index contributed by atoms with van der Waals surface area (Å²) in [4.78, 5) is 46.1. The summed E-state index contributed by atoms with van der Waals surface area (Å²) in [6, 6.07) is 12.6. The van der Waals surface area contributed by atoms with Crippen LogP contribution in [0.15, 0.2) is 54.6 Å². The quantitative estimate of drug-likeness (QED) is 0.0413. The number of phenols is 3. The lowest BCUT2D eigenvalue weighted by Gasteiger charge is -2.13. The highest BCUT2D eigenvalue weighted by molar-refractivity contribution is 6.08. The fourth-order valence-corrected chi connectivity index (χ4v) is 4.99. The maximum absolute atomic E-state index is 12.8. The fraction of sp³-hybridized carbons (Fsp3) is 0.412. The van der Waals surface area contributed by atoms with Gasteiger partial charge in [0, 0.05) is 43.2 Å². The van der Waals surface area contributed by atoms with Crippen molar-refractivity contribution in [3.63, 3.8) is 0 Å². The van der Waals surface area contributed by atoms with E-state index in [1.807, 2.05) is 0 Å². The van der Waals surface area contributed by atoms with E-state index in [2.05, 4.69) is 0 Å². The number of nitro groups is 2. The van der Waals surface area contributed by atoms with E-state index >= 15 is 0 Å². The molecule has 47 heavy (non-hydrogen) atoms.